The molecular weight excluding hydrogens is 259 g/mol. The quantitative estimate of drug-likeness (QED) is 0.590. The fraction of sp³-hybridized carbons (Fsp3) is 0.667. The van der Waals surface area contributed by atoms with Crippen LogP contribution in [-0.2, 0) is 14.4 Å². The van der Waals surface area contributed by atoms with Gasteiger partial charge in [-0.3, -0.25) is 0 Å². The molecule has 0 heterocycles. The fourth-order valence-corrected chi connectivity index (χ4v) is 9.44. The molecule has 0 saturated carbocycles. The van der Waals surface area contributed by atoms with Crippen LogP contribution in [0, 0.1) is 0 Å². The summed E-state index contributed by atoms with van der Waals surface area (Å²) in [4.78, 5) is 33.7. The fourth-order valence-electron chi connectivity index (χ4n) is 3.30. The zero-order valence-corrected chi connectivity index (χ0v) is 13.7. The molecule has 4 heteroatoms. The Hall–Kier alpha value is -1.09. The SMILES string of the molecule is CC(C)(C)P(=C=O)(C(C)(C)C)C(C)(C=C=O)C=C=O. The molecule has 0 aliphatic carbocycles. The molecule has 0 atom stereocenters. The lowest BCUT2D eigenvalue weighted by atomic mass is 10.1. The van der Waals surface area contributed by atoms with Gasteiger partial charge in [-0.25, -0.2) is 14.4 Å². The van der Waals surface area contributed by atoms with Gasteiger partial charge in [0.1, 0.15) is 17.5 Å². The Morgan fingerprint density at radius 1 is 0.737 bits per heavy atom. The first kappa shape index (κ1) is 17.9. The van der Waals surface area contributed by atoms with Gasteiger partial charge in [0.2, 0.25) is 0 Å². The maximum atomic E-state index is 11.9. The first-order chi connectivity index (χ1) is 8.43. The largest absolute Gasteiger partial charge is 0.234 e. The normalized spacial score (nSPS) is 15.5. The van der Waals surface area contributed by atoms with E-state index >= 15 is 0 Å². The zero-order valence-electron chi connectivity index (χ0n) is 12.8. The van der Waals surface area contributed by atoms with Crippen LogP contribution in [0.4, 0.5) is 0 Å². The highest BCUT2D eigenvalue weighted by atomic mass is 31.2. The van der Waals surface area contributed by atoms with Gasteiger partial charge < -0.3 is 0 Å². The Kier molecular flexibility index (Phi) is 5.18. The standard InChI is InChI=1S/C15H23O3P/c1-13(2,3)19(12-18,14(4,5)6)15(7,8-10-16)9-11-17/h8-9H,1-7H3. The lowest BCUT2D eigenvalue weighted by Gasteiger charge is -2.52. The van der Waals surface area contributed by atoms with Crippen LogP contribution in [0.3, 0.4) is 0 Å². The van der Waals surface area contributed by atoms with Gasteiger partial charge in [-0.2, -0.15) is 0 Å². The first-order valence-corrected chi connectivity index (χ1v) is 7.95. The lowest BCUT2D eigenvalue weighted by Crippen LogP contribution is -2.41. The predicted molar refractivity (Wildman–Crippen MR) is 81.1 cm³/mol. The highest BCUT2D eigenvalue weighted by Gasteiger charge is 2.53. The summed E-state index contributed by atoms with van der Waals surface area (Å²) in [6.45, 7) is 10.9. The second-order valence-electron chi connectivity index (χ2n) is 6.85. The van der Waals surface area contributed by atoms with E-state index in [1.165, 1.54) is 12.2 Å². The van der Waals surface area contributed by atoms with Gasteiger partial charge in [-0.05, 0) is 17.2 Å². The maximum absolute atomic E-state index is 11.9. The molecule has 106 valence electrons. The van der Waals surface area contributed by atoms with E-state index in [1.54, 1.807) is 18.8 Å². The summed E-state index contributed by atoms with van der Waals surface area (Å²) in [5.41, 5.74) is 2.25. The van der Waals surface area contributed by atoms with Crippen LogP contribution in [0.5, 0.6) is 0 Å². The molecule has 0 spiro atoms. The summed E-state index contributed by atoms with van der Waals surface area (Å²) in [7, 11) is 0. The summed E-state index contributed by atoms with van der Waals surface area (Å²) >= 11 is 0. The van der Waals surface area contributed by atoms with Crippen LogP contribution in [0.1, 0.15) is 48.5 Å². The van der Waals surface area contributed by atoms with Gasteiger partial charge >= 0.3 is 0 Å². The van der Waals surface area contributed by atoms with Gasteiger partial charge in [-0.1, -0.05) is 41.5 Å². The second kappa shape index (κ2) is 5.49. The van der Waals surface area contributed by atoms with E-state index < -0.39 is 22.4 Å². The van der Waals surface area contributed by atoms with Crippen molar-refractivity contribution in [2.24, 2.45) is 0 Å². The van der Waals surface area contributed by atoms with Crippen molar-refractivity contribution in [2.75, 3.05) is 0 Å². The number of allylic oxidation sites excluding steroid dienone is 2. The Morgan fingerprint density at radius 3 is 1.21 bits per heavy atom. The van der Waals surface area contributed by atoms with Crippen molar-refractivity contribution in [1.82, 2.24) is 0 Å². The van der Waals surface area contributed by atoms with E-state index in [0.29, 0.717) is 0 Å². The molecule has 0 aromatic carbocycles. The second-order valence-corrected chi connectivity index (χ2v) is 12.0. The smallest absolute Gasteiger partial charge is 0.121 e. The van der Waals surface area contributed by atoms with Gasteiger partial charge in [0.25, 0.3) is 0 Å². The molecule has 0 radical (unpaired) electrons. The van der Waals surface area contributed by atoms with E-state index in [0.717, 1.165) is 0 Å². The summed E-state index contributed by atoms with van der Waals surface area (Å²) in [5, 5.41) is -1.78. The molecule has 0 saturated heterocycles. The Labute approximate surface area is 115 Å². The Bertz CT molecular complexity index is 477. The number of hydrogen-bond donors (Lipinski definition) is 0. The molecule has 0 aromatic rings. The summed E-state index contributed by atoms with van der Waals surface area (Å²) in [5.74, 6) is 3.48. The summed E-state index contributed by atoms with van der Waals surface area (Å²) < 4.78 is 0. The van der Waals surface area contributed by atoms with Crippen molar-refractivity contribution >= 4 is 24.4 Å². The van der Waals surface area contributed by atoms with Gasteiger partial charge in [0.05, 0.1) is 5.16 Å². The van der Waals surface area contributed by atoms with E-state index in [-0.39, 0.29) is 0 Å². The van der Waals surface area contributed by atoms with Crippen molar-refractivity contribution < 1.29 is 14.4 Å². The predicted octanol–water partition coefficient (Wildman–Crippen LogP) is 3.20. The van der Waals surface area contributed by atoms with Crippen LogP contribution in [-0.4, -0.2) is 33.0 Å². The minimum absolute atomic E-state index is 0.400. The van der Waals surface area contributed by atoms with E-state index in [1.807, 2.05) is 41.5 Å². The summed E-state index contributed by atoms with van der Waals surface area (Å²) in [6.07, 6.45) is 2.54. The molecule has 0 aliphatic heterocycles. The molecule has 0 bridgehead atoms. The topological polar surface area (TPSA) is 51.2 Å². The zero-order chi connectivity index (χ0) is 15.5. The molecule has 0 amide bonds. The molecule has 0 rings (SSSR count). The average Bonchev–Trinajstić information content (AvgIpc) is 2.14. The molecule has 0 aromatic heterocycles. The van der Waals surface area contributed by atoms with E-state index in [2.05, 4.69) is 5.66 Å². The van der Waals surface area contributed by atoms with Gasteiger partial charge in [-0.15, -0.1) is 0 Å². The monoisotopic (exact) mass is 282 g/mol. The Balaban J connectivity index is 6.92. The minimum atomic E-state index is -2.54. The van der Waals surface area contributed by atoms with Crippen LogP contribution in [0.15, 0.2) is 12.2 Å². The van der Waals surface area contributed by atoms with Gasteiger partial charge in [0, 0.05) is 19.0 Å². The van der Waals surface area contributed by atoms with E-state index in [9.17, 15) is 14.4 Å². The number of hydrogen-bond acceptors (Lipinski definition) is 3. The Morgan fingerprint density at radius 2 is 1.05 bits per heavy atom. The third kappa shape index (κ3) is 2.76. The van der Waals surface area contributed by atoms with Crippen LogP contribution < -0.4 is 0 Å². The third-order valence-electron chi connectivity index (χ3n) is 3.57. The first-order valence-electron chi connectivity index (χ1n) is 6.16. The molecular formula is C15H23O3P. The number of rotatable bonds is 3. The molecule has 3 nitrogen and oxygen atoms in total. The highest BCUT2D eigenvalue weighted by Crippen LogP contribution is 2.74. The van der Waals surface area contributed by atoms with Crippen molar-refractivity contribution in [1.29, 1.82) is 0 Å². The van der Waals surface area contributed by atoms with Crippen molar-refractivity contribution in [3.05, 3.63) is 12.2 Å². The molecule has 19 heavy (non-hydrogen) atoms. The van der Waals surface area contributed by atoms with Crippen molar-refractivity contribution in [3.63, 3.8) is 0 Å². The van der Waals surface area contributed by atoms with Crippen LogP contribution >= 0.6 is 6.89 Å². The van der Waals surface area contributed by atoms with Crippen LogP contribution in [0.25, 0.3) is 0 Å². The minimum Gasteiger partial charge on any atom is -0.234 e. The molecule has 0 aliphatic rings. The van der Waals surface area contributed by atoms with Crippen LogP contribution in [0.2, 0.25) is 0 Å². The summed E-state index contributed by atoms with van der Waals surface area (Å²) in [6, 6.07) is 0. The molecule has 0 N–H and O–H groups in total. The highest BCUT2D eigenvalue weighted by molar-refractivity contribution is 7.78. The molecule has 0 fully saturated rings. The maximum Gasteiger partial charge on any atom is 0.121 e. The average molecular weight is 282 g/mol. The molecule has 0 unspecified atom stereocenters. The van der Waals surface area contributed by atoms with E-state index in [4.69, 9.17) is 0 Å². The third-order valence-corrected chi connectivity index (χ3v) is 9.58. The van der Waals surface area contributed by atoms with Crippen molar-refractivity contribution in [2.45, 2.75) is 63.9 Å². The van der Waals surface area contributed by atoms with Gasteiger partial charge in [0.15, 0.2) is 0 Å². The number of carbonyl (C=O) groups excluding carboxylic acids is 3. The lowest BCUT2D eigenvalue weighted by molar-refractivity contribution is 0.564. The van der Waals surface area contributed by atoms with Crippen molar-refractivity contribution in [3.8, 4) is 0 Å².